The molecule has 13 heteroatoms. The highest BCUT2D eigenvalue weighted by molar-refractivity contribution is 7.13. The van der Waals surface area contributed by atoms with Gasteiger partial charge in [0.25, 0.3) is 5.91 Å². The van der Waals surface area contributed by atoms with Crippen LogP contribution < -0.4 is 5.32 Å². The van der Waals surface area contributed by atoms with Crippen molar-refractivity contribution in [3.63, 3.8) is 0 Å². The number of carbonyl (C=O) groups excluding carboxylic acids is 1. The van der Waals surface area contributed by atoms with Gasteiger partial charge in [-0.1, -0.05) is 41.4 Å². The van der Waals surface area contributed by atoms with Crippen molar-refractivity contribution in [2.45, 2.75) is 19.6 Å². The summed E-state index contributed by atoms with van der Waals surface area (Å²) < 4.78 is 43.7. The number of halogens is 5. The standard InChI is InChI=1S/C23H15Cl2F3N6OS/c1-12-9-18(31-33(12)11-13-4-6-14(24)7-5-13)30-22(35)20-19(25)21-29-15(16-3-2-8-36-16)10-17(23(26,27)28)34(21)32-20/h2-10H,11H2,1H3,(H,30,31,35). The molecule has 36 heavy (non-hydrogen) atoms. The summed E-state index contributed by atoms with van der Waals surface area (Å²) in [6, 6.07) is 13.1. The number of hydrogen-bond acceptors (Lipinski definition) is 5. The molecule has 0 unspecified atom stereocenters. The van der Waals surface area contributed by atoms with Crippen molar-refractivity contribution in [2.24, 2.45) is 0 Å². The minimum Gasteiger partial charge on any atom is -0.304 e. The predicted octanol–water partition coefficient (Wildman–Crippen LogP) is 6.59. The lowest BCUT2D eigenvalue weighted by molar-refractivity contribution is -0.142. The number of benzene rings is 1. The first-order valence-corrected chi connectivity index (χ1v) is 12.0. The number of rotatable bonds is 5. The van der Waals surface area contributed by atoms with E-state index >= 15 is 0 Å². The fourth-order valence-electron chi connectivity index (χ4n) is 3.56. The molecule has 5 rings (SSSR count). The van der Waals surface area contributed by atoms with Crippen LogP contribution in [-0.2, 0) is 12.7 Å². The molecule has 4 aromatic heterocycles. The first-order valence-electron chi connectivity index (χ1n) is 10.4. The fraction of sp³-hybridized carbons (Fsp3) is 0.130. The number of fused-ring (bicyclic) bond motifs is 1. The number of alkyl halides is 3. The third-order valence-corrected chi connectivity index (χ3v) is 6.77. The predicted molar refractivity (Wildman–Crippen MR) is 132 cm³/mol. The van der Waals surface area contributed by atoms with E-state index in [2.05, 4.69) is 20.5 Å². The summed E-state index contributed by atoms with van der Waals surface area (Å²) in [5.41, 5.74) is 0.00427. The van der Waals surface area contributed by atoms with E-state index in [0.717, 1.165) is 17.3 Å². The molecule has 1 aromatic carbocycles. The van der Waals surface area contributed by atoms with E-state index in [9.17, 15) is 18.0 Å². The van der Waals surface area contributed by atoms with Crippen LogP contribution in [0.4, 0.5) is 19.0 Å². The second kappa shape index (κ2) is 9.23. The number of amides is 1. The molecule has 0 radical (unpaired) electrons. The average molecular weight is 551 g/mol. The Labute approximate surface area is 216 Å². The Morgan fingerprint density at radius 3 is 2.53 bits per heavy atom. The lowest BCUT2D eigenvalue weighted by atomic mass is 10.2. The molecule has 0 saturated carbocycles. The maximum absolute atomic E-state index is 13.8. The summed E-state index contributed by atoms with van der Waals surface area (Å²) in [5, 5.41) is 12.8. The normalized spacial score (nSPS) is 11.8. The van der Waals surface area contributed by atoms with Crippen molar-refractivity contribution in [3.8, 4) is 10.6 Å². The number of thiophene rings is 1. The molecule has 0 aliphatic rings. The van der Waals surface area contributed by atoms with Gasteiger partial charge in [-0.05, 0) is 42.1 Å². The largest absolute Gasteiger partial charge is 0.433 e. The highest BCUT2D eigenvalue weighted by atomic mass is 35.5. The van der Waals surface area contributed by atoms with Gasteiger partial charge in [0.15, 0.2) is 22.9 Å². The fourth-order valence-corrected chi connectivity index (χ4v) is 4.62. The Morgan fingerprint density at radius 1 is 1.11 bits per heavy atom. The third-order valence-electron chi connectivity index (χ3n) is 5.28. The molecule has 0 aliphatic carbocycles. The van der Waals surface area contributed by atoms with Gasteiger partial charge in [-0.15, -0.1) is 11.3 Å². The molecule has 0 aliphatic heterocycles. The van der Waals surface area contributed by atoms with E-state index in [1.165, 1.54) is 11.3 Å². The molecule has 0 saturated heterocycles. The first-order chi connectivity index (χ1) is 17.1. The van der Waals surface area contributed by atoms with Crippen LogP contribution in [0.2, 0.25) is 10.0 Å². The Morgan fingerprint density at radius 2 is 1.86 bits per heavy atom. The van der Waals surface area contributed by atoms with Crippen LogP contribution in [0.15, 0.2) is 53.9 Å². The van der Waals surface area contributed by atoms with Crippen molar-refractivity contribution in [1.29, 1.82) is 0 Å². The Balaban J connectivity index is 1.47. The average Bonchev–Trinajstić information content (AvgIpc) is 3.54. The van der Waals surface area contributed by atoms with Gasteiger partial charge in [-0.25, -0.2) is 9.50 Å². The lowest BCUT2D eigenvalue weighted by Gasteiger charge is -2.10. The molecule has 7 nitrogen and oxygen atoms in total. The lowest BCUT2D eigenvalue weighted by Crippen LogP contribution is -2.16. The molecule has 0 fully saturated rings. The summed E-state index contributed by atoms with van der Waals surface area (Å²) in [7, 11) is 0. The minimum absolute atomic E-state index is 0.0788. The van der Waals surface area contributed by atoms with Crippen molar-refractivity contribution in [1.82, 2.24) is 24.4 Å². The van der Waals surface area contributed by atoms with E-state index < -0.39 is 23.5 Å². The van der Waals surface area contributed by atoms with Crippen LogP contribution in [0.25, 0.3) is 16.2 Å². The van der Waals surface area contributed by atoms with E-state index in [-0.39, 0.29) is 22.2 Å². The smallest absolute Gasteiger partial charge is 0.304 e. The minimum atomic E-state index is -4.76. The Kier molecular flexibility index (Phi) is 6.23. The molecule has 184 valence electrons. The van der Waals surface area contributed by atoms with Gasteiger partial charge >= 0.3 is 6.18 Å². The van der Waals surface area contributed by atoms with E-state index in [4.69, 9.17) is 23.2 Å². The number of anilines is 1. The summed E-state index contributed by atoms with van der Waals surface area (Å²) in [6.07, 6.45) is -4.76. The van der Waals surface area contributed by atoms with Crippen LogP contribution >= 0.6 is 34.5 Å². The van der Waals surface area contributed by atoms with Gasteiger partial charge in [0.1, 0.15) is 5.02 Å². The van der Waals surface area contributed by atoms with Crippen molar-refractivity contribution in [2.75, 3.05) is 5.32 Å². The Bertz CT molecular complexity index is 1580. The van der Waals surface area contributed by atoms with Crippen LogP contribution in [-0.4, -0.2) is 30.3 Å². The number of aromatic nitrogens is 5. The van der Waals surface area contributed by atoms with Crippen LogP contribution in [0, 0.1) is 6.92 Å². The summed E-state index contributed by atoms with van der Waals surface area (Å²) in [4.78, 5) is 17.7. The molecule has 0 bridgehead atoms. The summed E-state index contributed by atoms with van der Waals surface area (Å²) >= 11 is 13.5. The van der Waals surface area contributed by atoms with Gasteiger partial charge in [-0.2, -0.15) is 23.4 Å². The number of aryl methyl sites for hydroxylation is 1. The number of hydrogen-bond donors (Lipinski definition) is 1. The van der Waals surface area contributed by atoms with Gasteiger partial charge in [0.05, 0.1) is 17.1 Å². The van der Waals surface area contributed by atoms with Gasteiger partial charge < -0.3 is 5.32 Å². The SMILES string of the molecule is Cc1cc(NC(=O)c2nn3c(C(F)(F)F)cc(-c4cccs4)nc3c2Cl)nn1Cc1ccc(Cl)cc1. The molecule has 0 atom stereocenters. The number of nitrogens with zero attached hydrogens (tertiary/aromatic N) is 5. The number of carbonyl (C=O) groups is 1. The van der Waals surface area contributed by atoms with Gasteiger partial charge in [0, 0.05) is 16.8 Å². The van der Waals surface area contributed by atoms with E-state index in [1.807, 2.05) is 19.1 Å². The van der Waals surface area contributed by atoms with Crippen molar-refractivity contribution in [3.05, 3.63) is 86.6 Å². The van der Waals surface area contributed by atoms with Crippen molar-refractivity contribution < 1.29 is 18.0 Å². The van der Waals surface area contributed by atoms with Crippen LogP contribution in [0.1, 0.15) is 27.4 Å². The number of nitrogens with one attached hydrogen (secondary N) is 1. The zero-order chi connectivity index (χ0) is 25.6. The quantitative estimate of drug-likeness (QED) is 0.268. The molecule has 1 amide bonds. The molecule has 1 N–H and O–H groups in total. The molecule has 4 heterocycles. The maximum atomic E-state index is 13.8. The van der Waals surface area contributed by atoms with E-state index in [0.29, 0.717) is 21.0 Å². The topological polar surface area (TPSA) is 77.1 Å². The monoisotopic (exact) mass is 550 g/mol. The van der Waals surface area contributed by atoms with Gasteiger partial charge in [-0.3, -0.25) is 9.48 Å². The second-order valence-electron chi connectivity index (χ2n) is 7.81. The van der Waals surface area contributed by atoms with E-state index in [1.54, 1.807) is 40.4 Å². The second-order valence-corrected chi connectivity index (χ2v) is 9.57. The third kappa shape index (κ3) is 4.69. The zero-order valence-electron chi connectivity index (χ0n) is 18.3. The highest BCUT2D eigenvalue weighted by Gasteiger charge is 2.37. The van der Waals surface area contributed by atoms with Crippen LogP contribution in [0.5, 0.6) is 0 Å². The first kappa shape index (κ1) is 24.3. The highest BCUT2D eigenvalue weighted by Crippen LogP contribution is 2.35. The molecule has 5 aromatic rings. The summed E-state index contributed by atoms with van der Waals surface area (Å²) in [6.45, 7) is 2.24. The molecular weight excluding hydrogens is 536 g/mol. The van der Waals surface area contributed by atoms with Gasteiger partial charge in [0.2, 0.25) is 0 Å². The van der Waals surface area contributed by atoms with Crippen molar-refractivity contribution >= 4 is 51.9 Å². The Hall–Kier alpha value is -3.41. The molecule has 0 spiro atoms. The van der Waals surface area contributed by atoms with Crippen LogP contribution in [0.3, 0.4) is 0 Å². The zero-order valence-corrected chi connectivity index (χ0v) is 20.7. The maximum Gasteiger partial charge on any atom is 0.433 e. The summed E-state index contributed by atoms with van der Waals surface area (Å²) in [5.74, 6) is -0.615. The molecular formula is C23H15Cl2F3N6OS.